The zero-order chi connectivity index (χ0) is 16.7. The smallest absolute Gasteiger partial charge is 0.253 e. The monoisotopic (exact) mass is 318 g/mol. The first kappa shape index (κ1) is 17.4. The molecule has 0 radical (unpaired) electrons. The molecule has 1 aromatic rings. The molecule has 6 heteroatoms. The molecule has 2 rings (SSSR count). The maximum atomic E-state index is 11.8. The number of pyridine rings is 1. The van der Waals surface area contributed by atoms with Gasteiger partial charge in [-0.3, -0.25) is 9.69 Å². The predicted molar refractivity (Wildman–Crippen MR) is 91.7 cm³/mol. The van der Waals surface area contributed by atoms with E-state index in [1.807, 2.05) is 6.07 Å². The maximum Gasteiger partial charge on any atom is 0.253 e. The summed E-state index contributed by atoms with van der Waals surface area (Å²) in [5, 5.41) is 6.06. The van der Waals surface area contributed by atoms with Crippen LogP contribution >= 0.6 is 0 Å². The Balaban J connectivity index is 1.83. The number of anilines is 1. The third-order valence-electron chi connectivity index (χ3n) is 4.00. The Bertz CT molecular complexity index is 518. The highest BCUT2D eigenvalue weighted by Gasteiger charge is 2.23. The van der Waals surface area contributed by atoms with E-state index in [1.165, 1.54) is 0 Å². The molecule has 0 unspecified atom stereocenters. The first-order valence-electron chi connectivity index (χ1n) is 8.04. The molecule has 2 atom stereocenters. The minimum atomic E-state index is -0.139. The fourth-order valence-corrected chi connectivity index (χ4v) is 2.66. The number of nitrogens with one attached hydrogen (secondary N) is 2. The molecule has 1 aromatic heterocycles. The van der Waals surface area contributed by atoms with E-state index in [-0.39, 0.29) is 5.91 Å². The minimum Gasteiger partial charge on any atom is -0.379 e. The van der Waals surface area contributed by atoms with Crippen LogP contribution in [0.25, 0.3) is 0 Å². The van der Waals surface area contributed by atoms with E-state index in [0.29, 0.717) is 24.2 Å². The fourth-order valence-electron chi connectivity index (χ4n) is 2.66. The van der Waals surface area contributed by atoms with Crippen molar-refractivity contribution in [1.82, 2.24) is 15.2 Å². The van der Waals surface area contributed by atoms with Crippen molar-refractivity contribution in [3.8, 4) is 0 Å². The van der Waals surface area contributed by atoms with Crippen molar-refractivity contribution in [2.24, 2.45) is 0 Å². The number of hydrogen-bond acceptors (Lipinski definition) is 5. The fraction of sp³-hybridized carbons (Fsp3) is 0.529. The lowest BCUT2D eigenvalue weighted by atomic mass is 10.2. The second kappa shape index (κ2) is 8.64. The summed E-state index contributed by atoms with van der Waals surface area (Å²) < 4.78 is 5.47. The molecule has 23 heavy (non-hydrogen) atoms. The van der Waals surface area contributed by atoms with Gasteiger partial charge in [0.05, 0.1) is 18.8 Å². The lowest BCUT2D eigenvalue weighted by Crippen LogP contribution is -2.50. The summed E-state index contributed by atoms with van der Waals surface area (Å²) in [6.45, 7) is 11.8. The van der Waals surface area contributed by atoms with Gasteiger partial charge in [-0.2, -0.15) is 0 Å². The van der Waals surface area contributed by atoms with Crippen LogP contribution in [0.2, 0.25) is 0 Å². The maximum absolute atomic E-state index is 11.8. The standard InChI is InChI=1S/C17H26N4O2/c1-4-7-18-17(22)15-5-6-16(20-11-15)19-10-13(2)21-8-9-23-12-14(21)3/h4-6,11,13-14H,1,7-10,12H2,2-3H3,(H,18,22)(H,19,20)/t13-,14-/m0/s1. The molecule has 1 amide bonds. The third-order valence-corrected chi connectivity index (χ3v) is 4.00. The molecule has 0 saturated carbocycles. The quantitative estimate of drug-likeness (QED) is 0.746. The number of carbonyl (C=O) groups excluding carboxylic acids is 1. The van der Waals surface area contributed by atoms with Crippen LogP contribution in [0.15, 0.2) is 31.0 Å². The van der Waals surface area contributed by atoms with Crippen LogP contribution < -0.4 is 10.6 Å². The lowest BCUT2D eigenvalue weighted by Gasteiger charge is -2.37. The SMILES string of the molecule is C=CCNC(=O)c1ccc(NC[C@H](C)N2CCOC[C@@H]2C)nc1. The van der Waals surface area contributed by atoms with Crippen molar-refractivity contribution in [3.63, 3.8) is 0 Å². The van der Waals surface area contributed by atoms with E-state index in [9.17, 15) is 4.79 Å². The Morgan fingerprint density at radius 2 is 2.43 bits per heavy atom. The summed E-state index contributed by atoms with van der Waals surface area (Å²) in [4.78, 5) is 18.5. The molecule has 0 aromatic carbocycles. The highest BCUT2D eigenvalue weighted by molar-refractivity contribution is 5.94. The van der Waals surface area contributed by atoms with Gasteiger partial charge in [-0.1, -0.05) is 6.08 Å². The topological polar surface area (TPSA) is 66.5 Å². The first-order chi connectivity index (χ1) is 11.1. The lowest BCUT2D eigenvalue weighted by molar-refractivity contribution is -0.0159. The van der Waals surface area contributed by atoms with Crippen LogP contribution in [0.5, 0.6) is 0 Å². The second-order valence-electron chi connectivity index (χ2n) is 5.82. The molecule has 2 N–H and O–H groups in total. The summed E-state index contributed by atoms with van der Waals surface area (Å²) in [5.41, 5.74) is 0.548. The van der Waals surface area contributed by atoms with Crippen molar-refractivity contribution in [1.29, 1.82) is 0 Å². The average molecular weight is 318 g/mol. The van der Waals surface area contributed by atoms with E-state index in [0.717, 1.165) is 32.1 Å². The highest BCUT2D eigenvalue weighted by Crippen LogP contribution is 2.12. The van der Waals surface area contributed by atoms with Crippen LogP contribution in [0.1, 0.15) is 24.2 Å². The number of carbonyl (C=O) groups is 1. The van der Waals surface area contributed by atoms with E-state index in [1.54, 1.807) is 18.3 Å². The summed E-state index contributed by atoms with van der Waals surface area (Å²) in [5.74, 6) is 0.637. The summed E-state index contributed by atoms with van der Waals surface area (Å²) in [6, 6.07) is 4.43. The summed E-state index contributed by atoms with van der Waals surface area (Å²) in [6.07, 6.45) is 3.23. The molecule has 2 heterocycles. The van der Waals surface area contributed by atoms with E-state index in [2.05, 4.69) is 40.9 Å². The van der Waals surface area contributed by atoms with E-state index < -0.39 is 0 Å². The van der Waals surface area contributed by atoms with Crippen LogP contribution in [-0.2, 0) is 4.74 Å². The van der Waals surface area contributed by atoms with Gasteiger partial charge in [0.25, 0.3) is 5.91 Å². The van der Waals surface area contributed by atoms with Gasteiger partial charge in [-0.25, -0.2) is 4.98 Å². The second-order valence-corrected chi connectivity index (χ2v) is 5.82. The van der Waals surface area contributed by atoms with Gasteiger partial charge in [-0.05, 0) is 26.0 Å². The highest BCUT2D eigenvalue weighted by atomic mass is 16.5. The Morgan fingerprint density at radius 3 is 3.09 bits per heavy atom. The van der Waals surface area contributed by atoms with Crippen molar-refractivity contribution >= 4 is 11.7 Å². The normalized spacial score (nSPS) is 19.8. The number of morpholine rings is 1. The van der Waals surface area contributed by atoms with Crippen molar-refractivity contribution in [3.05, 3.63) is 36.5 Å². The largest absolute Gasteiger partial charge is 0.379 e. The first-order valence-corrected chi connectivity index (χ1v) is 8.04. The van der Waals surface area contributed by atoms with Gasteiger partial charge in [-0.15, -0.1) is 6.58 Å². The van der Waals surface area contributed by atoms with Crippen molar-refractivity contribution in [2.45, 2.75) is 25.9 Å². The van der Waals surface area contributed by atoms with Gasteiger partial charge in [0, 0.05) is 37.9 Å². The van der Waals surface area contributed by atoms with E-state index in [4.69, 9.17) is 4.74 Å². The van der Waals surface area contributed by atoms with Gasteiger partial charge in [0.2, 0.25) is 0 Å². The summed E-state index contributed by atoms with van der Waals surface area (Å²) >= 11 is 0. The molecule has 6 nitrogen and oxygen atoms in total. The van der Waals surface area contributed by atoms with Crippen molar-refractivity contribution < 1.29 is 9.53 Å². The van der Waals surface area contributed by atoms with Gasteiger partial charge < -0.3 is 15.4 Å². The van der Waals surface area contributed by atoms with Crippen LogP contribution in [-0.4, -0.2) is 60.7 Å². The summed E-state index contributed by atoms with van der Waals surface area (Å²) in [7, 11) is 0. The molecule has 1 aliphatic rings. The Labute approximate surface area is 137 Å². The van der Waals surface area contributed by atoms with Gasteiger partial charge in [0.15, 0.2) is 0 Å². The molecule has 0 aliphatic carbocycles. The van der Waals surface area contributed by atoms with Gasteiger partial charge >= 0.3 is 0 Å². The molecule has 0 spiro atoms. The van der Waals surface area contributed by atoms with Crippen LogP contribution in [0, 0.1) is 0 Å². The number of hydrogen-bond donors (Lipinski definition) is 2. The molecule has 1 fully saturated rings. The molecule has 126 valence electrons. The number of rotatable bonds is 7. The van der Waals surface area contributed by atoms with Crippen LogP contribution in [0.3, 0.4) is 0 Å². The Kier molecular flexibility index (Phi) is 6.55. The average Bonchev–Trinajstić information content (AvgIpc) is 2.58. The predicted octanol–water partition coefficient (Wildman–Crippen LogP) is 1.52. The van der Waals surface area contributed by atoms with E-state index >= 15 is 0 Å². The van der Waals surface area contributed by atoms with Gasteiger partial charge in [0.1, 0.15) is 5.82 Å². The number of amides is 1. The van der Waals surface area contributed by atoms with Crippen LogP contribution in [0.4, 0.5) is 5.82 Å². The number of aromatic nitrogens is 1. The molecule has 0 bridgehead atoms. The third kappa shape index (κ3) is 5.04. The molecule has 1 saturated heterocycles. The number of nitrogens with zero attached hydrogens (tertiary/aromatic N) is 2. The molecule has 1 aliphatic heterocycles. The number of ether oxygens (including phenoxy) is 1. The molecular weight excluding hydrogens is 292 g/mol. The Hall–Kier alpha value is -1.92. The molecular formula is C17H26N4O2. The zero-order valence-electron chi connectivity index (χ0n) is 13.9. The zero-order valence-corrected chi connectivity index (χ0v) is 13.9. The minimum absolute atomic E-state index is 0.139. The van der Waals surface area contributed by atoms with Crippen molar-refractivity contribution in [2.75, 3.05) is 38.2 Å². The Morgan fingerprint density at radius 1 is 1.61 bits per heavy atom.